The van der Waals surface area contributed by atoms with E-state index >= 15 is 0 Å². The van der Waals surface area contributed by atoms with Gasteiger partial charge in [0.05, 0.1) is 31.5 Å². The number of nitrogens with zero attached hydrogens (tertiary/aromatic N) is 1. The number of hydrogen-bond donors (Lipinski definition) is 0. The third-order valence-corrected chi connectivity index (χ3v) is 4.01. The Morgan fingerprint density at radius 2 is 1.77 bits per heavy atom. The molecule has 0 bridgehead atoms. The third kappa shape index (κ3) is 9.64. The summed E-state index contributed by atoms with van der Waals surface area (Å²) in [4.78, 5) is 13.9. The lowest BCUT2D eigenvalue weighted by molar-refractivity contribution is -0.0674. The van der Waals surface area contributed by atoms with Crippen molar-refractivity contribution in [2.24, 2.45) is 0 Å². The van der Waals surface area contributed by atoms with Crippen LogP contribution in [0, 0.1) is 0 Å². The largest absolute Gasteiger partial charge is 0.444 e. The molecule has 0 aliphatic carbocycles. The second-order valence-electron chi connectivity index (χ2n) is 6.85. The normalized spacial score (nSPS) is 14.8. The Balaban J connectivity index is 4.54. The molecule has 0 aromatic heterocycles. The molecule has 0 heterocycles. The van der Waals surface area contributed by atoms with Crippen molar-refractivity contribution in [2.45, 2.75) is 65.8 Å². The van der Waals surface area contributed by atoms with Crippen LogP contribution in [0.3, 0.4) is 0 Å². The second kappa shape index (κ2) is 9.73. The lowest BCUT2D eigenvalue weighted by Crippen LogP contribution is -2.48. The van der Waals surface area contributed by atoms with E-state index in [1.165, 1.54) is 0 Å². The molecule has 0 aliphatic rings. The summed E-state index contributed by atoms with van der Waals surface area (Å²) in [6.45, 7) is 15.5. The molecule has 0 aromatic carbocycles. The summed E-state index contributed by atoms with van der Waals surface area (Å²) in [5, 5.41) is 0.626. The maximum Gasteiger partial charge on any atom is 0.410 e. The Kier molecular flexibility index (Phi) is 9.58. The number of halogens is 1. The first-order valence-corrected chi connectivity index (χ1v) is 8.94. The monoisotopic (exact) mass is 381 g/mol. The van der Waals surface area contributed by atoms with E-state index in [9.17, 15) is 4.79 Å². The zero-order chi connectivity index (χ0) is 17.4. The molecule has 0 spiro atoms. The van der Waals surface area contributed by atoms with Crippen LogP contribution in [0.15, 0.2) is 0 Å². The summed E-state index contributed by atoms with van der Waals surface area (Å²) < 4.78 is 16.8. The van der Waals surface area contributed by atoms with E-state index in [2.05, 4.69) is 15.9 Å². The maximum absolute atomic E-state index is 12.2. The van der Waals surface area contributed by atoms with E-state index in [4.69, 9.17) is 14.2 Å². The van der Waals surface area contributed by atoms with E-state index in [-0.39, 0.29) is 12.2 Å². The molecule has 5 nitrogen and oxygen atoms in total. The maximum atomic E-state index is 12.2. The first kappa shape index (κ1) is 21.7. The molecule has 0 aromatic rings. The molecule has 22 heavy (non-hydrogen) atoms. The average molecular weight is 382 g/mol. The van der Waals surface area contributed by atoms with Gasteiger partial charge in [-0.05, 0) is 48.5 Å². The molecule has 0 rings (SSSR count). The summed E-state index contributed by atoms with van der Waals surface area (Å²) in [6.07, 6.45) is -0.128. The van der Waals surface area contributed by atoms with Gasteiger partial charge in [0.15, 0.2) is 0 Å². The molecule has 6 heteroatoms. The molecule has 0 fully saturated rings. The fourth-order valence-corrected chi connectivity index (χ4v) is 2.07. The van der Waals surface area contributed by atoms with Gasteiger partial charge in [-0.15, -0.1) is 0 Å². The van der Waals surface area contributed by atoms with E-state index < -0.39 is 11.2 Å². The van der Waals surface area contributed by atoms with Crippen molar-refractivity contribution in [1.82, 2.24) is 4.90 Å². The van der Waals surface area contributed by atoms with Crippen LogP contribution in [-0.2, 0) is 14.2 Å². The number of ether oxygens (including phenoxy) is 3. The smallest absolute Gasteiger partial charge is 0.410 e. The van der Waals surface area contributed by atoms with Crippen LogP contribution in [-0.4, -0.2) is 59.9 Å². The standard InChI is InChI=1S/C16H32BrNO4/c1-8-18(14(19)22-15(4,5)6)12-16(7,11-17)21-10-9-20-13(2)3/h13H,8-12H2,1-7H3. The number of hydrogen-bond acceptors (Lipinski definition) is 4. The zero-order valence-corrected chi connectivity index (χ0v) is 16.7. The number of amides is 1. The van der Waals surface area contributed by atoms with Crippen LogP contribution in [0.5, 0.6) is 0 Å². The van der Waals surface area contributed by atoms with Crippen LogP contribution >= 0.6 is 15.9 Å². The molecule has 132 valence electrons. The van der Waals surface area contributed by atoms with Crippen molar-refractivity contribution < 1.29 is 19.0 Å². The number of rotatable bonds is 9. The molecule has 1 unspecified atom stereocenters. The summed E-state index contributed by atoms with van der Waals surface area (Å²) in [5.74, 6) is 0. The number of carbonyl (C=O) groups excluding carboxylic acids is 1. The van der Waals surface area contributed by atoms with E-state index in [0.717, 1.165) is 0 Å². The van der Waals surface area contributed by atoms with E-state index in [1.807, 2.05) is 48.5 Å². The summed E-state index contributed by atoms with van der Waals surface area (Å²) >= 11 is 3.48. The highest BCUT2D eigenvalue weighted by Crippen LogP contribution is 2.18. The number of likely N-dealkylation sites (N-methyl/N-ethyl adjacent to an activating group) is 1. The Hall–Kier alpha value is -0.330. The van der Waals surface area contributed by atoms with E-state index in [0.29, 0.717) is 31.6 Å². The second-order valence-corrected chi connectivity index (χ2v) is 7.41. The fourth-order valence-electron chi connectivity index (χ4n) is 1.73. The Bertz CT molecular complexity index is 331. The van der Waals surface area contributed by atoms with Crippen LogP contribution in [0.2, 0.25) is 0 Å². The van der Waals surface area contributed by atoms with Gasteiger partial charge in [0, 0.05) is 11.9 Å². The minimum atomic E-state index is -0.499. The van der Waals surface area contributed by atoms with Crippen molar-refractivity contribution in [3.8, 4) is 0 Å². The summed E-state index contributed by atoms with van der Waals surface area (Å²) in [6, 6.07) is 0. The molecule has 0 N–H and O–H groups in total. The van der Waals surface area contributed by atoms with Gasteiger partial charge < -0.3 is 19.1 Å². The van der Waals surface area contributed by atoms with Gasteiger partial charge in [-0.1, -0.05) is 15.9 Å². The highest BCUT2D eigenvalue weighted by atomic mass is 79.9. The van der Waals surface area contributed by atoms with Gasteiger partial charge in [-0.25, -0.2) is 4.79 Å². The molecule has 0 aliphatic heterocycles. The lowest BCUT2D eigenvalue weighted by Gasteiger charge is -2.35. The summed E-state index contributed by atoms with van der Waals surface area (Å²) in [5.41, 5.74) is -0.978. The van der Waals surface area contributed by atoms with Gasteiger partial charge in [0.1, 0.15) is 5.60 Å². The van der Waals surface area contributed by atoms with Crippen LogP contribution in [0.4, 0.5) is 4.79 Å². The molecule has 1 amide bonds. The SMILES string of the molecule is CCN(CC(C)(CBr)OCCOC(C)C)C(=O)OC(C)(C)C. The molecular formula is C16H32BrNO4. The van der Waals surface area contributed by atoms with Crippen LogP contribution in [0.25, 0.3) is 0 Å². The first-order valence-electron chi connectivity index (χ1n) is 7.82. The molecule has 0 saturated heterocycles. The third-order valence-electron chi connectivity index (χ3n) is 2.83. The van der Waals surface area contributed by atoms with Gasteiger partial charge in [-0.2, -0.15) is 0 Å². The summed E-state index contributed by atoms with van der Waals surface area (Å²) in [7, 11) is 0. The average Bonchev–Trinajstić information content (AvgIpc) is 2.39. The molecule has 0 saturated carbocycles. The van der Waals surface area contributed by atoms with Crippen molar-refractivity contribution in [3.05, 3.63) is 0 Å². The predicted molar refractivity (Wildman–Crippen MR) is 92.7 cm³/mol. The van der Waals surface area contributed by atoms with E-state index in [1.54, 1.807) is 4.90 Å². The van der Waals surface area contributed by atoms with Crippen LogP contribution < -0.4 is 0 Å². The van der Waals surface area contributed by atoms with Gasteiger partial charge in [0.25, 0.3) is 0 Å². The van der Waals surface area contributed by atoms with Gasteiger partial charge in [0.2, 0.25) is 0 Å². The molecular weight excluding hydrogens is 350 g/mol. The molecule has 0 radical (unpaired) electrons. The molecule has 1 atom stereocenters. The van der Waals surface area contributed by atoms with Crippen molar-refractivity contribution in [1.29, 1.82) is 0 Å². The van der Waals surface area contributed by atoms with Crippen molar-refractivity contribution in [2.75, 3.05) is 31.6 Å². The first-order chi connectivity index (χ1) is 10.0. The number of carbonyl (C=O) groups is 1. The zero-order valence-electron chi connectivity index (χ0n) is 15.1. The van der Waals surface area contributed by atoms with Gasteiger partial charge >= 0.3 is 6.09 Å². The highest BCUT2D eigenvalue weighted by molar-refractivity contribution is 9.09. The minimum absolute atomic E-state index is 0.188. The number of alkyl halides is 1. The Morgan fingerprint density at radius 1 is 1.18 bits per heavy atom. The predicted octanol–water partition coefficient (Wildman–Crippen LogP) is 3.84. The highest BCUT2D eigenvalue weighted by Gasteiger charge is 2.31. The van der Waals surface area contributed by atoms with Crippen molar-refractivity contribution >= 4 is 22.0 Å². The van der Waals surface area contributed by atoms with Crippen LogP contribution in [0.1, 0.15) is 48.5 Å². The Morgan fingerprint density at radius 3 is 2.18 bits per heavy atom. The van der Waals surface area contributed by atoms with Gasteiger partial charge in [-0.3, -0.25) is 0 Å². The fraction of sp³-hybridized carbons (Fsp3) is 0.938. The quantitative estimate of drug-likeness (QED) is 0.449. The Labute approximate surface area is 143 Å². The lowest BCUT2D eigenvalue weighted by atomic mass is 10.1. The topological polar surface area (TPSA) is 48.0 Å². The van der Waals surface area contributed by atoms with Crippen molar-refractivity contribution in [3.63, 3.8) is 0 Å². The minimum Gasteiger partial charge on any atom is -0.444 e.